The minimum absolute atomic E-state index is 0.0599. The van der Waals surface area contributed by atoms with E-state index in [0.29, 0.717) is 35.4 Å². The Kier molecular flexibility index (Phi) is 4.39. The van der Waals surface area contributed by atoms with Crippen molar-refractivity contribution < 1.29 is 18.3 Å². The number of carboxylic acids is 1. The standard InChI is InChI=1S/C15H21NO4S/c1-10-7-11(2)14(12(3)8-10)21(19,20)16-6-4-5-13(9-16)15(17)18/h7-8,13H,4-6,9H2,1-3H3,(H,17,18). The second kappa shape index (κ2) is 5.77. The molecule has 1 fully saturated rings. The van der Waals surface area contributed by atoms with Gasteiger partial charge < -0.3 is 5.11 Å². The number of hydrogen-bond acceptors (Lipinski definition) is 3. The topological polar surface area (TPSA) is 74.7 Å². The van der Waals surface area contributed by atoms with Crippen molar-refractivity contribution in [2.45, 2.75) is 38.5 Å². The number of carbonyl (C=O) groups is 1. The predicted octanol–water partition coefficient (Wildman–Crippen LogP) is 2.10. The first-order valence-corrected chi connectivity index (χ1v) is 8.48. The predicted molar refractivity (Wildman–Crippen MR) is 79.8 cm³/mol. The summed E-state index contributed by atoms with van der Waals surface area (Å²) in [5.41, 5.74) is 2.45. The van der Waals surface area contributed by atoms with E-state index >= 15 is 0 Å². The van der Waals surface area contributed by atoms with Crippen LogP contribution in [0.25, 0.3) is 0 Å². The maximum absolute atomic E-state index is 12.8. The van der Waals surface area contributed by atoms with Crippen molar-refractivity contribution in [3.05, 3.63) is 28.8 Å². The molecule has 0 aliphatic carbocycles. The van der Waals surface area contributed by atoms with Crippen molar-refractivity contribution in [1.29, 1.82) is 0 Å². The number of piperidine rings is 1. The van der Waals surface area contributed by atoms with Gasteiger partial charge in [0.15, 0.2) is 0 Å². The third kappa shape index (κ3) is 3.11. The van der Waals surface area contributed by atoms with Crippen molar-refractivity contribution in [3.63, 3.8) is 0 Å². The number of nitrogens with zero attached hydrogens (tertiary/aromatic N) is 1. The molecule has 0 bridgehead atoms. The molecule has 1 N–H and O–H groups in total. The number of sulfonamides is 1. The van der Waals surface area contributed by atoms with Gasteiger partial charge in [-0.2, -0.15) is 4.31 Å². The van der Waals surface area contributed by atoms with E-state index in [1.165, 1.54) is 4.31 Å². The van der Waals surface area contributed by atoms with Gasteiger partial charge in [-0.15, -0.1) is 0 Å². The molecule has 21 heavy (non-hydrogen) atoms. The van der Waals surface area contributed by atoms with Gasteiger partial charge in [-0.05, 0) is 44.7 Å². The second-order valence-corrected chi connectivity index (χ2v) is 7.64. The number of hydrogen-bond donors (Lipinski definition) is 1. The van der Waals surface area contributed by atoms with Crippen LogP contribution in [0.15, 0.2) is 17.0 Å². The lowest BCUT2D eigenvalue weighted by Gasteiger charge is -2.30. The molecule has 116 valence electrons. The van der Waals surface area contributed by atoms with Crippen molar-refractivity contribution in [2.24, 2.45) is 5.92 Å². The Morgan fingerprint density at radius 2 is 1.81 bits per heavy atom. The van der Waals surface area contributed by atoms with E-state index in [1.54, 1.807) is 13.8 Å². The molecule has 1 aromatic carbocycles. The number of carboxylic acid groups (broad SMARTS) is 1. The van der Waals surface area contributed by atoms with E-state index in [1.807, 2.05) is 19.1 Å². The fraction of sp³-hybridized carbons (Fsp3) is 0.533. The zero-order valence-electron chi connectivity index (χ0n) is 12.6. The SMILES string of the molecule is Cc1cc(C)c(S(=O)(=O)N2CCCC(C(=O)O)C2)c(C)c1. The Hall–Kier alpha value is -1.40. The third-order valence-corrected chi connectivity index (χ3v) is 6.11. The summed E-state index contributed by atoms with van der Waals surface area (Å²) in [5.74, 6) is -1.54. The molecule has 1 aromatic rings. The smallest absolute Gasteiger partial charge is 0.307 e. The Balaban J connectivity index is 2.41. The molecule has 0 spiro atoms. The normalized spacial score (nSPS) is 20.4. The summed E-state index contributed by atoms with van der Waals surface area (Å²) < 4.78 is 27.0. The van der Waals surface area contributed by atoms with Gasteiger partial charge in [0.05, 0.1) is 10.8 Å². The molecule has 1 aliphatic heterocycles. The lowest BCUT2D eigenvalue weighted by atomic mass is 10.0. The van der Waals surface area contributed by atoms with Crippen molar-refractivity contribution >= 4 is 16.0 Å². The van der Waals surface area contributed by atoms with Crippen LogP contribution < -0.4 is 0 Å². The molecule has 1 heterocycles. The molecular formula is C15H21NO4S. The maximum Gasteiger partial charge on any atom is 0.307 e. The zero-order chi connectivity index (χ0) is 15.8. The molecular weight excluding hydrogens is 290 g/mol. The molecule has 0 radical (unpaired) electrons. The van der Waals surface area contributed by atoms with Gasteiger partial charge in [0.2, 0.25) is 10.0 Å². The zero-order valence-corrected chi connectivity index (χ0v) is 13.4. The van der Waals surface area contributed by atoms with Gasteiger partial charge in [-0.1, -0.05) is 17.7 Å². The molecule has 0 aromatic heterocycles. The van der Waals surface area contributed by atoms with Crippen LogP contribution in [-0.4, -0.2) is 36.9 Å². The molecule has 1 saturated heterocycles. The van der Waals surface area contributed by atoms with Gasteiger partial charge in [0.1, 0.15) is 0 Å². The highest BCUT2D eigenvalue weighted by molar-refractivity contribution is 7.89. The Bertz CT molecular complexity index is 643. The summed E-state index contributed by atoms with van der Waals surface area (Å²) in [5, 5.41) is 9.12. The average Bonchev–Trinajstić information content (AvgIpc) is 2.37. The number of aliphatic carboxylic acids is 1. The van der Waals surface area contributed by atoms with E-state index < -0.39 is 21.9 Å². The highest BCUT2D eigenvalue weighted by Crippen LogP contribution is 2.28. The second-order valence-electron chi connectivity index (χ2n) is 5.77. The van der Waals surface area contributed by atoms with E-state index in [0.717, 1.165) is 5.56 Å². The van der Waals surface area contributed by atoms with Gasteiger partial charge in [0, 0.05) is 13.1 Å². The minimum atomic E-state index is -3.64. The largest absolute Gasteiger partial charge is 0.481 e. The summed E-state index contributed by atoms with van der Waals surface area (Å²) in [4.78, 5) is 11.4. The molecule has 1 unspecified atom stereocenters. The molecule has 0 saturated carbocycles. The fourth-order valence-corrected chi connectivity index (χ4v) is 5.00. The molecule has 0 amide bonds. The van der Waals surface area contributed by atoms with Crippen molar-refractivity contribution in [2.75, 3.05) is 13.1 Å². The van der Waals surface area contributed by atoms with Crippen molar-refractivity contribution in [3.8, 4) is 0 Å². The monoisotopic (exact) mass is 311 g/mol. The summed E-state index contributed by atoms with van der Waals surface area (Å²) in [7, 11) is -3.64. The van der Waals surface area contributed by atoms with Crippen LogP contribution in [0.5, 0.6) is 0 Å². The number of aryl methyl sites for hydroxylation is 3. The number of benzene rings is 1. The van der Waals surface area contributed by atoms with E-state index in [4.69, 9.17) is 5.11 Å². The highest BCUT2D eigenvalue weighted by Gasteiger charge is 2.34. The van der Waals surface area contributed by atoms with Crippen LogP contribution >= 0.6 is 0 Å². The summed E-state index contributed by atoms with van der Waals surface area (Å²) in [6, 6.07) is 3.69. The van der Waals surface area contributed by atoms with Gasteiger partial charge in [-0.3, -0.25) is 4.79 Å². The fourth-order valence-electron chi connectivity index (χ4n) is 3.07. The van der Waals surface area contributed by atoms with Crippen LogP contribution in [0.2, 0.25) is 0 Å². The maximum atomic E-state index is 12.8. The minimum Gasteiger partial charge on any atom is -0.481 e. The first-order valence-electron chi connectivity index (χ1n) is 7.04. The Morgan fingerprint density at radius 3 is 2.33 bits per heavy atom. The Labute approximate surface area is 125 Å². The van der Waals surface area contributed by atoms with Gasteiger partial charge in [0.25, 0.3) is 0 Å². The Morgan fingerprint density at radius 1 is 1.24 bits per heavy atom. The molecule has 6 heteroatoms. The van der Waals surface area contributed by atoms with Gasteiger partial charge in [-0.25, -0.2) is 8.42 Å². The highest BCUT2D eigenvalue weighted by atomic mass is 32.2. The third-order valence-electron chi connectivity index (χ3n) is 3.94. The molecule has 1 atom stereocenters. The summed E-state index contributed by atoms with van der Waals surface area (Å²) in [6.07, 6.45) is 1.12. The van der Waals surface area contributed by atoms with Crippen LogP contribution in [0.4, 0.5) is 0 Å². The molecule has 1 aliphatic rings. The first-order chi connectivity index (χ1) is 9.73. The molecule has 5 nitrogen and oxygen atoms in total. The quantitative estimate of drug-likeness (QED) is 0.927. The van der Waals surface area contributed by atoms with Gasteiger partial charge >= 0.3 is 5.97 Å². The summed E-state index contributed by atoms with van der Waals surface area (Å²) >= 11 is 0. The van der Waals surface area contributed by atoms with E-state index in [-0.39, 0.29) is 6.54 Å². The van der Waals surface area contributed by atoms with E-state index in [9.17, 15) is 13.2 Å². The summed E-state index contributed by atoms with van der Waals surface area (Å²) in [6.45, 7) is 5.94. The van der Waals surface area contributed by atoms with Crippen LogP contribution in [0, 0.1) is 26.7 Å². The lowest BCUT2D eigenvalue weighted by molar-refractivity contribution is -0.142. The first kappa shape index (κ1) is 16.0. The average molecular weight is 311 g/mol. The van der Waals surface area contributed by atoms with Crippen molar-refractivity contribution in [1.82, 2.24) is 4.31 Å². The van der Waals surface area contributed by atoms with Crippen LogP contribution in [-0.2, 0) is 14.8 Å². The van der Waals surface area contributed by atoms with Crippen LogP contribution in [0.3, 0.4) is 0 Å². The van der Waals surface area contributed by atoms with Crippen LogP contribution in [0.1, 0.15) is 29.5 Å². The lowest BCUT2D eigenvalue weighted by Crippen LogP contribution is -2.42. The van der Waals surface area contributed by atoms with E-state index in [2.05, 4.69) is 0 Å². The number of rotatable bonds is 3. The molecule has 2 rings (SSSR count).